The van der Waals surface area contributed by atoms with Gasteiger partial charge in [0.1, 0.15) is 11.6 Å². The molecular formula is C20H25FN6. The molecule has 27 heavy (non-hydrogen) atoms. The van der Waals surface area contributed by atoms with E-state index in [9.17, 15) is 4.39 Å². The topological polar surface area (TPSA) is 58.4 Å². The molecule has 0 bridgehead atoms. The van der Waals surface area contributed by atoms with Crippen molar-refractivity contribution in [2.45, 2.75) is 45.1 Å². The van der Waals surface area contributed by atoms with Crippen LogP contribution in [0.1, 0.15) is 39.4 Å². The minimum Gasteiger partial charge on any atom is -0.382 e. The summed E-state index contributed by atoms with van der Waals surface area (Å²) < 4.78 is 14.9. The van der Waals surface area contributed by atoms with Crippen molar-refractivity contribution in [3.8, 4) is 0 Å². The molecule has 0 saturated carbocycles. The molecule has 3 heterocycles. The Morgan fingerprint density at radius 1 is 1.00 bits per heavy atom. The van der Waals surface area contributed by atoms with Gasteiger partial charge in [-0.3, -0.25) is 0 Å². The summed E-state index contributed by atoms with van der Waals surface area (Å²) in [6.07, 6.45) is 2.01. The molecule has 1 fully saturated rings. The summed E-state index contributed by atoms with van der Waals surface area (Å²) in [4.78, 5) is 2.30. The van der Waals surface area contributed by atoms with Gasteiger partial charge in [0.2, 0.25) is 0 Å². The van der Waals surface area contributed by atoms with E-state index in [-0.39, 0.29) is 11.2 Å². The number of aromatic nitrogens is 4. The molecule has 4 rings (SSSR count). The predicted octanol–water partition coefficient (Wildman–Crippen LogP) is 3.64. The maximum absolute atomic E-state index is 13.0. The molecule has 142 valence electrons. The summed E-state index contributed by atoms with van der Waals surface area (Å²) in [7, 11) is 0. The van der Waals surface area contributed by atoms with Crippen LogP contribution in [0.4, 0.5) is 15.9 Å². The molecule has 1 aliphatic heterocycles. The van der Waals surface area contributed by atoms with Gasteiger partial charge in [0.05, 0.1) is 0 Å². The van der Waals surface area contributed by atoms with E-state index < -0.39 is 0 Å². The molecule has 3 aromatic rings. The van der Waals surface area contributed by atoms with Crippen molar-refractivity contribution in [2.75, 3.05) is 23.3 Å². The smallest absolute Gasteiger partial charge is 0.178 e. The summed E-state index contributed by atoms with van der Waals surface area (Å²) >= 11 is 0. The Labute approximate surface area is 158 Å². The standard InChI is InChI=1S/C20H25FN6/c1-20(2,3)19-24-23-17-8-9-18(25-27(17)19)26-12-10-16(11-13-26)22-15-6-4-14(21)5-7-15/h4-9,16,22H,10-13H2,1-3H3. The van der Waals surface area contributed by atoms with E-state index in [1.807, 2.05) is 16.6 Å². The first kappa shape index (κ1) is 17.7. The summed E-state index contributed by atoms with van der Waals surface area (Å²) in [6, 6.07) is 10.9. The lowest BCUT2D eigenvalue weighted by atomic mass is 9.96. The quantitative estimate of drug-likeness (QED) is 0.765. The monoisotopic (exact) mass is 368 g/mol. The lowest BCUT2D eigenvalue weighted by molar-refractivity contribution is 0.512. The van der Waals surface area contributed by atoms with E-state index in [0.29, 0.717) is 6.04 Å². The molecule has 0 aliphatic carbocycles. The zero-order valence-corrected chi connectivity index (χ0v) is 16.0. The van der Waals surface area contributed by atoms with Crippen LogP contribution in [0.5, 0.6) is 0 Å². The van der Waals surface area contributed by atoms with Gasteiger partial charge >= 0.3 is 0 Å². The van der Waals surface area contributed by atoms with Crippen molar-refractivity contribution in [3.05, 3.63) is 48.0 Å². The SMILES string of the molecule is CC(C)(C)c1nnc2ccc(N3CCC(Nc4ccc(F)cc4)CC3)nn12. The summed E-state index contributed by atoms with van der Waals surface area (Å²) in [5, 5.41) is 16.8. The van der Waals surface area contributed by atoms with E-state index >= 15 is 0 Å². The van der Waals surface area contributed by atoms with Gasteiger partial charge in [0, 0.05) is 30.2 Å². The molecule has 1 aromatic carbocycles. The number of halogens is 1. The van der Waals surface area contributed by atoms with Gasteiger partial charge in [-0.25, -0.2) is 4.39 Å². The number of benzene rings is 1. The number of anilines is 2. The second-order valence-electron chi connectivity index (χ2n) is 8.15. The van der Waals surface area contributed by atoms with Gasteiger partial charge in [-0.05, 0) is 49.2 Å². The van der Waals surface area contributed by atoms with E-state index in [1.54, 1.807) is 12.1 Å². The van der Waals surface area contributed by atoms with Gasteiger partial charge in [0.25, 0.3) is 0 Å². The molecule has 1 N–H and O–H groups in total. The zero-order valence-electron chi connectivity index (χ0n) is 16.0. The molecule has 2 aromatic heterocycles. The third kappa shape index (κ3) is 3.72. The van der Waals surface area contributed by atoms with Crippen LogP contribution in [0.2, 0.25) is 0 Å². The lowest BCUT2D eigenvalue weighted by Gasteiger charge is -2.33. The van der Waals surface area contributed by atoms with Crippen LogP contribution in [-0.2, 0) is 5.41 Å². The number of piperidine rings is 1. The Balaban J connectivity index is 1.45. The minimum atomic E-state index is -0.208. The van der Waals surface area contributed by atoms with Crippen molar-refractivity contribution in [1.82, 2.24) is 19.8 Å². The van der Waals surface area contributed by atoms with Gasteiger partial charge in [-0.2, -0.15) is 4.52 Å². The average Bonchev–Trinajstić information content (AvgIpc) is 3.08. The number of hydrogen-bond donors (Lipinski definition) is 1. The second-order valence-corrected chi connectivity index (χ2v) is 8.15. The van der Waals surface area contributed by atoms with Crippen LogP contribution in [0.3, 0.4) is 0 Å². The average molecular weight is 368 g/mol. The van der Waals surface area contributed by atoms with E-state index in [1.165, 1.54) is 12.1 Å². The van der Waals surface area contributed by atoms with E-state index in [4.69, 9.17) is 5.10 Å². The largest absolute Gasteiger partial charge is 0.382 e. The maximum atomic E-state index is 13.0. The molecular weight excluding hydrogens is 343 g/mol. The fraction of sp³-hybridized carbons (Fsp3) is 0.450. The van der Waals surface area contributed by atoms with Crippen molar-refractivity contribution < 1.29 is 4.39 Å². The highest BCUT2D eigenvalue weighted by Gasteiger charge is 2.24. The van der Waals surface area contributed by atoms with Crippen molar-refractivity contribution in [2.24, 2.45) is 0 Å². The molecule has 1 saturated heterocycles. The third-order valence-corrected chi connectivity index (χ3v) is 4.95. The Bertz CT molecular complexity index is 920. The fourth-order valence-electron chi connectivity index (χ4n) is 3.45. The highest BCUT2D eigenvalue weighted by Crippen LogP contribution is 2.24. The number of rotatable bonds is 3. The normalized spacial score (nSPS) is 16.1. The van der Waals surface area contributed by atoms with Crippen molar-refractivity contribution in [3.63, 3.8) is 0 Å². The highest BCUT2D eigenvalue weighted by molar-refractivity contribution is 5.47. The fourth-order valence-corrected chi connectivity index (χ4v) is 3.45. The lowest BCUT2D eigenvalue weighted by Crippen LogP contribution is -2.39. The third-order valence-electron chi connectivity index (χ3n) is 4.95. The Morgan fingerprint density at radius 3 is 2.37 bits per heavy atom. The van der Waals surface area contributed by atoms with Crippen LogP contribution in [0, 0.1) is 5.82 Å². The molecule has 0 atom stereocenters. The second kappa shape index (κ2) is 6.79. The Hall–Kier alpha value is -2.70. The first-order valence-electron chi connectivity index (χ1n) is 9.40. The van der Waals surface area contributed by atoms with Crippen LogP contribution in [0.25, 0.3) is 5.65 Å². The molecule has 0 spiro atoms. The van der Waals surface area contributed by atoms with E-state index in [2.05, 4.69) is 41.2 Å². The van der Waals surface area contributed by atoms with Crippen molar-refractivity contribution in [1.29, 1.82) is 0 Å². The number of nitrogens with zero attached hydrogens (tertiary/aromatic N) is 5. The van der Waals surface area contributed by atoms with Gasteiger partial charge in [-0.15, -0.1) is 15.3 Å². The number of nitrogens with one attached hydrogen (secondary N) is 1. The first-order valence-corrected chi connectivity index (χ1v) is 9.40. The van der Waals surface area contributed by atoms with Crippen LogP contribution in [0.15, 0.2) is 36.4 Å². The molecule has 0 amide bonds. The van der Waals surface area contributed by atoms with Crippen LogP contribution < -0.4 is 10.2 Å². The van der Waals surface area contributed by atoms with Crippen molar-refractivity contribution >= 4 is 17.2 Å². The molecule has 0 radical (unpaired) electrons. The van der Waals surface area contributed by atoms with Crippen LogP contribution in [-0.4, -0.2) is 38.9 Å². The summed E-state index contributed by atoms with van der Waals surface area (Å²) in [5.74, 6) is 1.61. The first-order chi connectivity index (χ1) is 12.9. The maximum Gasteiger partial charge on any atom is 0.178 e. The Kier molecular flexibility index (Phi) is 4.45. The van der Waals surface area contributed by atoms with Gasteiger partial charge < -0.3 is 10.2 Å². The molecule has 0 unspecified atom stereocenters. The van der Waals surface area contributed by atoms with Crippen LogP contribution >= 0.6 is 0 Å². The Morgan fingerprint density at radius 2 is 1.70 bits per heavy atom. The molecule has 7 heteroatoms. The number of fused-ring (bicyclic) bond motifs is 1. The van der Waals surface area contributed by atoms with Gasteiger partial charge in [0.15, 0.2) is 11.5 Å². The summed E-state index contributed by atoms with van der Waals surface area (Å²) in [5.41, 5.74) is 1.63. The van der Waals surface area contributed by atoms with Gasteiger partial charge in [-0.1, -0.05) is 20.8 Å². The minimum absolute atomic E-state index is 0.114. The predicted molar refractivity (Wildman–Crippen MR) is 105 cm³/mol. The highest BCUT2D eigenvalue weighted by atomic mass is 19.1. The summed E-state index contributed by atoms with van der Waals surface area (Å²) in [6.45, 7) is 8.19. The van der Waals surface area contributed by atoms with E-state index in [0.717, 1.165) is 48.9 Å². The zero-order chi connectivity index (χ0) is 19.0. The molecule has 1 aliphatic rings. The molecule has 6 nitrogen and oxygen atoms in total. The number of hydrogen-bond acceptors (Lipinski definition) is 5.